The van der Waals surface area contributed by atoms with Gasteiger partial charge in [-0.15, -0.1) is 0 Å². The van der Waals surface area contributed by atoms with E-state index in [2.05, 4.69) is 9.88 Å². The molecule has 0 bridgehead atoms. The number of morpholine rings is 1. The third-order valence-electron chi connectivity index (χ3n) is 5.94. The van der Waals surface area contributed by atoms with E-state index >= 15 is 0 Å². The molecule has 0 atom stereocenters. The van der Waals surface area contributed by atoms with Crippen LogP contribution in [0.15, 0.2) is 44.2 Å². The number of nitrogens with zero attached hydrogens (tertiary/aromatic N) is 4. The van der Waals surface area contributed by atoms with Crippen molar-refractivity contribution < 1.29 is 23.0 Å². The molecule has 178 valence electrons. The second-order valence-electron chi connectivity index (χ2n) is 8.03. The van der Waals surface area contributed by atoms with Crippen molar-refractivity contribution in [2.45, 2.75) is 20.0 Å². The first-order valence-electron chi connectivity index (χ1n) is 11.0. The Morgan fingerprint density at radius 2 is 1.82 bits per heavy atom. The summed E-state index contributed by atoms with van der Waals surface area (Å²) in [7, 11) is 3.10. The van der Waals surface area contributed by atoms with Gasteiger partial charge < -0.3 is 23.0 Å². The Morgan fingerprint density at radius 1 is 1.06 bits per heavy atom. The highest BCUT2D eigenvalue weighted by atomic mass is 16.5. The summed E-state index contributed by atoms with van der Waals surface area (Å²) in [5.41, 5.74) is 1.00. The SMILES string of the molecule is COc1cc2nc(CN3CCOCC3)n(Cc3nc(-c4ccco4)oc3C)c(=O)c2cc1OC. The molecule has 0 amide bonds. The molecule has 4 aromatic rings. The van der Waals surface area contributed by atoms with Crippen LogP contribution in [0.25, 0.3) is 22.6 Å². The van der Waals surface area contributed by atoms with Crippen molar-refractivity contribution in [2.24, 2.45) is 0 Å². The molecule has 34 heavy (non-hydrogen) atoms. The number of oxazole rings is 1. The van der Waals surface area contributed by atoms with Gasteiger partial charge in [0.15, 0.2) is 17.3 Å². The normalized spacial score (nSPS) is 14.6. The number of rotatable bonds is 7. The minimum atomic E-state index is -0.184. The van der Waals surface area contributed by atoms with Crippen LogP contribution in [-0.4, -0.2) is 60.0 Å². The topological polar surface area (TPSA) is 105 Å². The molecule has 1 saturated heterocycles. The monoisotopic (exact) mass is 466 g/mol. The summed E-state index contributed by atoms with van der Waals surface area (Å²) in [6.07, 6.45) is 1.56. The molecule has 10 nitrogen and oxygen atoms in total. The van der Waals surface area contributed by atoms with Crippen LogP contribution in [0.2, 0.25) is 0 Å². The molecule has 5 rings (SSSR count). The van der Waals surface area contributed by atoms with E-state index in [1.807, 2.05) is 6.92 Å². The highest BCUT2D eigenvalue weighted by Gasteiger charge is 2.21. The van der Waals surface area contributed by atoms with Gasteiger partial charge >= 0.3 is 0 Å². The zero-order valence-electron chi connectivity index (χ0n) is 19.4. The second kappa shape index (κ2) is 9.32. The summed E-state index contributed by atoms with van der Waals surface area (Å²) >= 11 is 0. The average molecular weight is 466 g/mol. The van der Waals surface area contributed by atoms with Gasteiger partial charge in [0.25, 0.3) is 11.4 Å². The number of methoxy groups -OCH3 is 2. The number of ether oxygens (including phenoxy) is 3. The molecule has 1 fully saturated rings. The molecule has 1 aromatic carbocycles. The van der Waals surface area contributed by atoms with Crippen molar-refractivity contribution in [1.82, 2.24) is 19.4 Å². The molecule has 0 unspecified atom stereocenters. The van der Waals surface area contributed by atoms with Crippen LogP contribution in [0.5, 0.6) is 11.5 Å². The zero-order chi connectivity index (χ0) is 23.7. The fourth-order valence-electron chi connectivity index (χ4n) is 4.07. The van der Waals surface area contributed by atoms with E-state index in [1.54, 1.807) is 42.2 Å². The summed E-state index contributed by atoms with van der Waals surface area (Å²) in [4.78, 5) is 25.4. The Bertz CT molecular complexity index is 1350. The van der Waals surface area contributed by atoms with Crippen LogP contribution in [0.4, 0.5) is 0 Å². The van der Waals surface area contributed by atoms with Gasteiger partial charge in [-0.25, -0.2) is 9.97 Å². The van der Waals surface area contributed by atoms with Crippen molar-refractivity contribution in [3.05, 3.63) is 58.2 Å². The number of fused-ring (bicyclic) bond motifs is 1. The summed E-state index contributed by atoms with van der Waals surface area (Å²) in [6.45, 7) is 5.38. The van der Waals surface area contributed by atoms with Crippen LogP contribution in [0.3, 0.4) is 0 Å². The van der Waals surface area contributed by atoms with Gasteiger partial charge in [-0.1, -0.05) is 0 Å². The molecule has 0 aliphatic carbocycles. The van der Waals surface area contributed by atoms with Gasteiger partial charge in [0.2, 0.25) is 0 Å². The van der Waals surface area contributed by atoms with Gasteiger partial charge in [-0.2, -0.15) is 0 Å². The Balaban J connectivity index is 1.61. The first-order valence-corrected chi connectivity index (χ1v) is 11.0. The van der Waals surface area contributed by atoms with E-state index < -0.39 is 0 Å². The third-order valence-corrected chi connectivity index (χ3v) is 5.94. The van der Waals surface area contributed by atoms with E-state index in [1.165, 1.54) is 7.11 Å². The summed E-state index contributed by atoms with van der Waals surface area (Å²) in [5.74, 6) is 3.15. The predicted octanol–water partition coefficient (Wildman–Crippen LogP) is 2.85. The number of aromatic nitrogens is 3. The standard InChI is InChI=1S/C24H26N4O6/c1-15-18(26-23(34-15)19-5-4-8-33-19)13-28-22(14-27-6-9-32-10-7-27)25-17-12-21(31-3)20(30-2)11-16(17)24(28)29/h4-5,8,11-12H,6-7,9-10,13-14H2,1-3H3. The molecular formula is C24H26N4O6. The zero-order valence-corrected chi connectivity index (χ0v) is 19.4. The van der Waals surface area contributed by atoms with Crippen molar-refractivity contribution in [3.8, 4) is 23.1 Å². The molecule has 1 aliphatic rings. The van der Waals surface area contributed by atoms with E-state index in [9.17, 15) is 4.79 Å². The van der Waals surface area contributed by atoms with Crippen LogP contribution in [0.1, 0.15) is 17.3 Å². The lowest BCUT2D eigenvalue weighted by atomic mass is 10.2. The highest BCUT2D eigenvalue weighted by Crippen LogP contribution is 2.30. The molecular weight excluding hydrogens is 440 g/mol. The number of hydrogen-bond donors (Lipinski definition) is 0. The second-order valence-corrected chi connectivity index (χ2v) is 8.03. The molecule has 3 aromatic heterocycles. The number of benzene rings is 1. The molecule has 0 N–H and O–H groups in total. The minimum absolute atomic E-state index is 0.184. The van der Waals surface area contributed by atoms with E-state index in [0.29, 0.717) is 71.1 Å². The quantitative estimate of drug-likeness (QED) is 0.406. The average Bonchev–Trinajstić information content (AvgIpc) is 3.51. The van der Waals surface area contributed by atoms with Crippen molar-refractivity contribution in [3.63, 3.8) is 0 Å². The first-order chi connectivity index (χ1) is 16.6. The van der Waals surface area contributed by atoms with Crippen LogP contribution < -0.4 is 15.0 Å². The summed E-state index contributed by atoms with van der Waals surface area (Å²) in [5, 5.41) is 0.441. The lowest BCUT2D eigenvalue weighted by Crippen LogP contribution is -2.38. The summed E-state index contributed by atoms with van der Waals surface area (Å²) < 4.78 is 29.2. The molecule has 0 saturated carbocycles. The molecule has 4 heterocycles. The largest absolute Gasteiger partial charge is 0.493 e. The lowest BCUT2D eigenvalue weighted by Gasteiger charge is -2.27. The minimum Gasteiger partial charge on any atom is -0.493 e. The molecule has 10 heteroatoms. The van der Waals surface area contributed by atoms with Crippen LogP contribution in [-0.2, 0) is 17.8 Å². The smallest absolute Gasteiger partial charge is 0.263 e. The highest BCUT2D eigenvalue weighted by molar-refractivity contribution is 5.82. The van der Waals surface area contributed by atoms with Crippen molar-refractivity contribution >= 4 is 10.9 Å². The van der Waals surface area contributed by atoms with E-state index in [-0.39, 0.29) is 12.1 Å². The van der Waals surface area contributed by atoms with Gasteiger partial charge in [-0.05, 0) is 25.1 Å². The third kappa shape index (κ3) is 4.17. The van der Waals surface area contributed by atoms with E-state index in [4.69, 9.17) is 28.0 Å². The van der Waals surface area contributed by atoms with E-state index in [0.717, 1.165) is 13.1 Å². The van der Waals surface area contributed by atoms with Gasteiger partial charge in [-0.3, -0.25) is 14.3 Å². The van der Waals surface area contributed by atoms with Crippen LogP contribution in [0, 0.1) is 6.92 Å². The Labute approximate surface area is 195 Å². The maximum Gasteiger partial charge on any atom is 0.263 e. The maximum absolute atomic E-state index is 13.7. The Hall–Kier alpha value is -3.63. The maximum atomic E-state index is 13.7. The summed E-state index contributed by atoms with van der Waals surface area (Å²) in [6, 6.07) is 6.96. The van der Waals surface area contributed by atoms with Gasteiger partial charge in [0, 0.05) is 19.2 Å². The molecule has 0 spiro atoms. The Kier molecular flexibility index (Phi) is 6.08. The number of hydrogen-bond acceptors (Lipinski definition) is 9. The first kappa shape index (κ1) is 22.2. The van der Waals surface area contributed by atoms with Crippen molar-refractivity contribution in [1.29, 1.82) is 0 Å². The molecule has 0 radical (unpaired) electrons. The Morgan fingerprint density at radius 3 is 2.53 bits per heavy atom. The van der Waals surface area contributed by atoms with Crippen LogP contribution >= 0.6 is 0 Å². The van der Waals surface area contributed by atoms with Crippen molar-refractivity contribution in [2.75, 3.05) is 40.5 Å². The lowest BCUT2D eigenvalue weighted by molar-refractivity contribution is 0.0325. The number of furan rings is 1. The fraction of sp³-hybridized carbons (Fsp3) is 0.375. The molecule has 1 aliphatic heterocycles. The van der Waals surface area contributed by atoms with Gasteiger partial charge in [0.1, 0.15) is 17.3 Å². The fourth-order valence-corrected chi connectivity index (χ4v) is 4.07. The number of aryl methyl sites for hydroxylation is 1. The predicted molar refractivity (Wildman–Crippen MR) is 123 cm³/mol. The van der Waals surface area contributed by atoms with Gasteiger partial charge in [0.05, 0.1) is 57.7 Å².